The number of amides is 1. The Morgan fingerprint density at radius 2 is 1.97 bits per heavy atom. The maximum absolute atomic E-state index is 12.9. The highest BCUT2D eigenvalue weighted by Crippen LogP contribution is 2.25. The Hall–Kier alpha value is -3.10. The van der Waals surface area contributed by atoms with Crippen LogP contribution >= 0.6 is 0 Å². The van der Waals surface area contributed by atoms with E-state index in [9.17, 15) is 9.90 Å². The average Bonchev–Trinajstić information content (AvgIpc) is 3.22. The number of nitrogens with zero attached hydrogens (tertiary/aromatic N) is 4. The molecule has 0 fully saturated rings. The molecule has 0 saturated heterocycles. The summed E-state index contributed by atoms with van der Waals surface area (Å²) in [7, 11) is 1.52. The number of rotatable bonds is 8. The zero-order valence-corrected chi connectivity index (χ0v) is 16.8. The van der Waals surface area contributed by atoms with Gasteiger partial charge in [0.15, 0.2) is 5.82 Å². The van der Waals surface area contributed by atoms with Gasteiger partial charge in [0.1, 0.15) is 0 Å². The van der Waals surface area contributed by atoms with Crippen LogP contribution in [0, 0.1) is 6.92 Å². The third kappa shape index (κ3) is 4.85. The fraction of sp³-hybridized carbons (Fsp3) is 0.333. The Bertz CT molecular complexity index is 969. The van der Waals surface area contributed by atoms with Crippen molar-refractivity contribution in [3.8, 4) is 16.8 Å². The molecule has 1 aromatic heterocycles. The summed E-state index contributed by atoms with van der Waals surface area (Å²) in [4.78, 5) is 12.9. The van der Waals surface area contributed by atoms with Crippen molar-refractivity contribution in [1.29, 1.82) is 0 Å². The number of aromatic nitrogens is 4. The number of tetrazole rings is 1. The zero-order valence-electron chi connectivity index (χ0n) is 16.8. The fourth-order valence-corrected chi connectivity index (χ4v) is 3.01. The van der Waals surface area contributed by atoms with E-state index in [1.807, 2.05) is 50.2 Å². The summed E-state index contributed by atoms with van der Waals surface area (Å²) < 4.78 is 6.68. The monoisotopic (exact) mass is 395 g/mol. The van der Waals surface area contributed by atoms with E-state index in [0.717, 1.165) is 16.7 Å². The Morgan fingerprint density at radius 1 is 1.21 bits per heavy atom. The van der Waals surface area contributed by atoms with Gasteiger partial charge < -0.3 is 15.2 Å². The maximum Gasteiger partial charge on any atom is 0.251 e. The zero-order chi connectivity index (χ0) is 20.8. The van der Waals surface area contributed by atoms with Crippen LogP contribution in [0.15, 0.2) is 42.5 Å². The molecule has 3 aromatic rings. The first-order valence-electron chi connectivity index (χ1n) is 9.46. The quantitative estimate of drug-likeness (QED) is 0.604. The van der Waals surface area contributed by atoms with Crippen LogP contribution in [-0.4, -0.2) is 57.6 Å². The van der Waals surface area contributed by atoms with Gasteiger partial charge in [-0.15, -0.1) is 5.10 Å². The van der Waals surface area contributed by atoms with E-state index in [0.29, 0.717) is 23.5 Å². The summed E-state index contributed by atoms with van der Waals surface area (Å²) in [5.41, 5.74) is 4.15. The lowest BCUT2D eigenvalue weighted by Gasteiger charge is -2.16. The van der Waals surface area contributed by atoms with E-state index in [4.69, 9.17) is 4.74 Å². The van der Waals surface area contributed by atoms with E-state index in [-0.39, 0.29) is 19.1 Å². The average molecular weight is 395 g/mol. The van der Waals surface area contributed by atoms with Crippen molar-refractivity contribution in [1.82, 2.24) is 25.5 Å². The van der Waals surface area contributed by atoms with Gasteiger partial charge in [-0.1, -0.05) is 36.8 Å². The highest BCUT2D eigenvalue weighted by molar-refractivity contribution is 5.96. The van der Waals surface area contributed by atoms with Gasteiger partial charge in [-0.3, -0.25) is 4.79 Å². The van der Waals surface area contributed by atoms with Crippen LogP contribution in [0.3, 0.4) is 0 Å². The molecule has 0 aliphatic rings. The van der Waals surface area contributed by atoms with Gasteiger partial charge in [-0.2, -0.15) is 4.68 Å². The van der Waals surface area contributed by atoms with Crippen molar-refractivity contribution in [3.05, 3.63) is 59.4 Å². The van der Waals surface area contributed by atoms with Gasteiger partial charge >= 0.3 is 0 Å². The second kappa shape index (κ2) is 9.40. The predicted octanol–water partition coefficient (Wildman–Crippen LogP) is 1.94. The molecule has 1 heterocycles. The Balaban J connectivity index is 2.05. The molecule has 29 heavy (non-hydrogen) atoms. The normalized spacial score (nSPS) is 12.0. The number of benzene rings is 2. The van der Waals surface area contributed by atoms with Gasteiger partial charge in [0.25, 0.3) is 5.91 Å². The largest absolute Gasteiger partial charge is 0.394 e. The first-order chi connectivity index (χ1) is 14.0. The van der Waals surface area contributed by atoms with Crippen LogP contribution in [0.4, 0.5) is 0 Å². The first-order valence-corrected chi connectivity index (χ1v) is 9.46. The van der Waals surface area contributed by atoms with Gasteiger partial charge in [0, 0.05) is 19.1 Å². The molecular formula is C21H25N5O3. The number of carbonyl (C=O) groups excluding carboxylic acids is 1. The third-order valence-corrected chi connectivity index (χ3v) is 4.58. The number of aryl methyl sites for hydroxylation is 2. The van der Waals surface area contributed by atoms with Crippen LogP contribution < -0.4 is 5.32 Å². The lowest BCUT2D eigenvalue weighted by molar-refractivity contribution is 0.0839. The molecule has 1 amide bonds. The van der Waals surface area contributed by atoms with Gasteiger partial charge in [0.05, 0.1) is 24.9 Å². The number of nitrogens with one attached hydrogen (secondary N) is 1. The third-order valence-electron chi connectivity index (χ3n) is 4.58. The second-order valence-corrected chi connectivity index (χ2v) is 6.80. The lowest BCUT2D eigenvalue weighted by Crippen LogP contribution is -2.40. The van der Waals surface area contributed by atoms with Gasteiger partial charge in [0.2, 0.25) is 0 Å². The molecule has 0 radical (unpaired) electrons. The molecule has 2 N–H and O–H groups in total. The summed E-state index contributed by atoms with van der Waals surface area (Å²) in [6.45, 7) is 4.01. The van der Waals surface area contributed by atoms with Gasteiger partial charge in [-0.05, 0) is 46.7 Å². The van der Waals surface area contributed by atoms with Gasteiger partial charge in [-0.25, -0.2) is 0 Å². The van der Waals surface area contributed by atoms with E-state index < -0.39 is 6.04 Å². The summed E-state index contributed by atoms with van der Waals surface area (Å²) in [5, 5.41) is 24.1. The minimum absolute atomic E-state index is 0.211. The molecule has 1 atom stereocenters. The maximum atomic E-state index is 12.9. The summed E-state index contributed by atoms with van der Waals surface area (Å²) >= 11 is 0. The number of hydrogen-bond donors (Lipinski definition) is 2. The number of ether oxygens (including phenoxy) is 1. The SMILES string of the molecule is CCc1nnnn1-c1cc(C(=O)N[C@H](CO)COC)cc(-c2ccc(C)cc2)c1. The smallest absolute Gasteiger partial charge is 0.251 e. The molecule has 0 spiro atoms. The standard InChI is InChI=1S/C21H25N5O3/c1-4-20-23-24-25-26(20)19-10-16(15-7-5-14(2)6-8-15)9-17(11-19)21(28)22-18(12-27)13-29-3/h5-11,18,27H,4,12-13H2,1-3H3,(H,22,28)/t18-/m1/s1. The molecule has 0 saturated carbocycles. The highest BCUT2D eigenvalue weighted by Gasteiger charge is 2.17. The molecule has 8 heteroatoms. The van der Waals surface area contributed by atoms with Crippen LogP contribution in [-0.2, 0) is 11.2 Å². The fourth-order valence-electron chi connectivity index (χ4n) is 3.01. The minimum atomic E-state index is -0.488. The summed E-state index contributed by atoms with van der Waals surface area (Å²) in [6.07, 6.45) is 0.656. The molecule has 3 rings (SSSR count). The molecule has 0 unspecified atom stereocenters. The van der Waals surface area contributed by atoms with E-state index in [2.05, 4.69) is 20.8 Å². The minimum Gasteiger partial charge on any atom is -0.394 e. The van der Waals surface area contributed by atoms with Crippen molar-refractivity contribution in [2.75, 3.05) is 20.3 Å². The summed E-state index contributed by atoms with van der Waals surface area (Å²) in [6, 6.07) is 13.1. The van der Waals surface area contributed by atoms with Crippen LogP contribution in [0.2, 0.25) is 0 Å². The molecule has 2 aromatic carbocycles. The Kier molecular flexibility index (Phi) is 6.69. The molecule has 0 bridgehead atoms. The topological polar surface area (TPSA) is 102 Å². The van der Waals surface area contributed by atoms with Crippen LogP contribution in [0.25, 0.3) is 16.8 Å². The van der Waals surface area contributed by atoms with Crippen molar-refractivity contribution < 1.29 is 14.6 Å². The first kappa shape index (κ1) is 20.6. The van der Waals surface area contributed by atoms with Crippen molar-refractivity contribution in [3.63, 3.8) is 0 Å². The molecule has 0 aliphatic heterocycles. The Labute approximate surface area is 169 Å². The number of methoxy groups -OCH3 is 1. The number of hydrogen-bond acceptors (Lipinski definition) is 6. The highest BCUT2D eigenvalue weighted by atomic mass is 16.5. The van der Waals surface area contributed by atoms with E-state index in [1.54, 1.807) is 10.7 Å². The molecule has 8 nitrogen and oxygen atoms in total. The van der Waals surface area contributed by atoms with Crippen molar-refractivity contribution >= 4 is 5.91 Å². The second-order valence-electron chi connectivity index (χ2n) is 6.80. The molecular weight excluding hydrogens is 370 g/mol. The number of aliphatic hydroxyl groups excluding tert-OH is 1. The van der Waals surface area contributed by atoms with Crippen LogP contribution in [0.1, 0.15) is 28.7 Å². The molecule has 152 valence electrons. The Morgan fingerprint density at radius 3 is 2.62 bits per heavy atom. The van der Waals surface area contributed by atoms with Crippen molar-refractivity contribution in [2.45, 2.75) is 26.3 Å². The van der Waals surface area contributed by atoms with Crippen molar-refractivity contribution in [2.24, 2.45) is 0 Å². The van der Waals surface area contributed by atoms with Crippen LogP contribution in [0.5, 0.6) is 0 Å². The van der Waals surface area contributed by atoms with E-state index >= 15 is 0 Å². The number of aliphatic hydroxyl groups is 1. The summed E-state index contributed by atoms with van der Waals surface area (Å²) in [5.74, 6) is 0.396. The number of carbonyl (C=O) groups is 1. The lowest BCUT2D eigenvalue weighted by atomic mass is 10.0. The molecule has 0 aliphatic carbocycles. The van der Waals surface area contributed by atoms with E-state index in [1.165, 1.54) is 7.11 Å². The predicted molar refractivity (Wildman–Crippen MR) is 109 cm³/mol.